The summed E-state index contributed by atoms with van der Waals surface area (Å²) in [4.78, 5) is 1.98. The second-order valence-electron chi connectivity index (χ2n) is 4.35. The van der Waals surface area contributed by atoms with E-state index in [2.05, 4.69) is 16.6 Å². The highest BCUT2D eigenvalue weighted by Crippen LogP contribution is 2.16. The zero-order valence-corrected chi connectivity index (χ0v) is 12.4. The van der Waals surface area contributed by atoms with Crippen LogP contribution in [0.1, 0.15) is 18.9 Å². The van der Waals surface area contributed by atoms with E-state index in [-0.39, 0.29) is 12.3 Å². The fraction of sp³-hybridized carbons (Fsp3) is 0.429. The highest BCUT2D eigenvalue weighted by molar-refractivity contribution is 7.89. The molecule has 1 rings (SSSR count). The van der Waals surface area contributed by atoms with Crippen molar-refractivity contribution in [3.63, 3.8) is 0 Å². The van der Waals surface area contributed by atoms with Gasteiger partial charge in [-0.05, 0) is 18.6 Å². The summed E-state index contributed by atoms with van der Waals surface area (Å²) in [5.41, 5.74) is 1.91. The van der Waals surface area contributed by atoms with Crippen LogP contribution in [0.3, 0.4) is 0 Å². The molecular formula is C14H20N2O2S. The van der Waals surface area contributed by atoms with Gasteiger partial charge in [0.25, 0.3) is 0 Å². The zero-order valence-electron chi connectivity index (χ0n) is 11.6. The van der Waals surface area contributed by atoms with E-state index in [1.165, 1.54) is 0 Å². The van der Waals surface area contributed by atoms with Gasteiger partial charge in [0.1, 0.15) is 0 Å². The molecule has 0 saturated heterocycles. The lowest BCUT2D eigenvalue weighted by Crippen LogP contribution is -2.26. The van der Waals surface area contributed by atoms with Crippen LogP contribution >= 0.6 is 0 Å². The lowest BCUT2D eigenvalue weighted by molar-refractivity contribution is 0.584. The minimum atomic E-state index is -3.18. The van der Waals surface area contributed by atoms with E-state index in [0.717, 1.165) is 11.3 Å². The van der Waals surface area contributed by atoms with Crippen molar-refractivity contribution in [3.05, 3.63) is 29.8 Å². The van der Waals surface area contributed by atoms with Gasteiger partial charge in [0.2, 0.25) is 10.0 Å². The maximum absolute atomic E-state index is 11.4. The molecule has 1 N–H and O–H groups in total. The number of hydrogen-bond acceptors (Lipinski definition) is 3. The van der Waals surface area contributed by atoms with Crippen LogP contribution in [0.25, 0.3) is 0 Å². The number of sulfonamides is 1. The zero-order chi connectivity index (χ0) is 14.3. The van der Waals surface area contributed by atoms with Crippen LogP contribution in [0.15, 0.2) is 24.3 Å². The Hall–Kier alpha value is -1.51. The van der Waals surface area contributed by atoms with Crippen LogP contribution in [-0.2, 0) is 10.0 Å². The Kier molecular flexibility index (Phi) is 5.87. The third-order valence-corrected chi connectivity index (χ3v) is 3.99. The van der Waals surface area contributed by atoms with Gasteiger partial charge in [-0.15, -0.1) is 0 Å². The van der Waals surface area contributed by atoms with Gasteiger partial charge >= 0.3 is 0 Å². The molecule has 4 nitrogen and oxygen atoms in total. The van der Waals surface area contributed by atoms with Crippen molar-refractivity contribution in [1.82, 2.24) is 4.72 Å². The Morgan fingerprint density at radius 3 is 2.58 bits per heavy atom. The van der Waals surface area contributed by atoms with Crippen molar-refractivity contribution in [2.24, 2.45) is 0 Å². The van der Waals surface area contributed by atoms with E-state index in [9.17, 15) is 8.42 Å². The molecule has 0 aromatic heterocycles. The summed E-state index contributed by atoms with van der Waals surface area (Å²) in [7, 11) is 0.722. The summed E-state index contributed by atoms with van der Waals surface area (Å²) in [6.45, 7) is 1.97. The molecule has 104 valence electrons. The van der Waals surface area contributed by atoms with E-state index in [0.29, 0.717) is 6.42 Å². The first-order valence-corrected chi connectivity index (χ1v) is 7.84. The molecule has 0 amide bonds. The number of hydrogen-bond donors (Lipinski definition) is 1. The van der Waals surface area contributed by atoms with Gasteiger partial charge in [-0.1, -0.05) is 30.9 Å². The molecule has 1 aromatic rings. The van der Waals surface area contributed by atoms with Crippen LogP contribution in [0.2, 0.25) is 0 Å². The van der Waals surface area contributed by atoms with E-state index < -0.39 is 10.0 Å². The Bertz CT molecular complexity index is 569. The summed E-state index contributed by atoms with van der Waals surface area (Å²) in [6, 6.07) is 7.76. The van der Waals surface area contributed by atoms with Crippen LogP contribution in [0.5, 0.6) is 0 Å². The molecule has 0 unspecified atom stereocenters. The van der Waals surface area contributed by atoms with Crippen molar-refractivity contribution in [2.75, 3.05) is 31.3 Å². The van der Waals surface area contributed by atoms with Crippen molar-refractivity contribution < 1.29 is 8.42 Å². The first-order chi connectivity index (χ1) is 8.96. The molecule has 0 atom stereocenters. The second kappa shape index (κ2) is 7.17. The minimum Gasteiger partial charge on any atom is -0.377 e. The van der Waals surface area contributed by atoms with Gasteiger partial charge < -0.3 is 4.90 Å². The van der Waals surface area contributed by atoms with Gasteiger partial charge in [-0.25, -0.2) is 13.1 Å². The van der Waals surface area contributed by atoms with E-state index in [1.54, 1.807) is 0 Å². The average molecular weight is 280 g/mol. The molecule has 1 aromatic carbocycles. The predicted octanol–water partition coefficient (Wildman–Crippen LogP) is 1.43. The Morgan fingerprint density at radius 1 is 1.26 bits per heavy atom. The summed E-state index contributed by atoms with van der Waals surface area (Å²) >= 11 is 0. The van der Waals surface area contributed by atoms with Gasteiger partial charge in [0.15, 0.2) is 0 Å². The summed E-state index contributed by atoms with van der Waals surface area (Å²) in [5, 5.41) is 0. The molecule has 0 heterocycles. The molecule has 0 spiro atoms. The van der Waals surface area contributed by atoms with Crippen LogP contribution in [-0.4, -0.2) is 34.8 Å². The van der Waals surface area contributed by atoms with Crippen molar-refractivity contribution in [1.29, 1.82) is 0 Å². The summed E-state index contributed by atoms with van der Waals surface area (Å²) in [6.07, 6.45) is 0.603. The van der Waals surface area contributed by atoms with Gasteiger partial charge in [0.05, 0.1) is 18.0 Å². The Labute approximate surface area is 115 Å². The summed E-state index contributed by atoms with van der Waals surface area (Å²) in [5.74, 6) is 5.98. The monoisotopic (exact) mass is 280 g/mol. The van der Waals surface area contributed by atoms with Gasteiger partial charge in [0, 0.05) is 19.7 Å². The molecule has 0 aliphatic rings. The highest BCUT2D eigenvalue weighted by Gasteiger charge is 2.05. The molecule has 0 radical (unpaired) electrons. The third-order valence-electron chi connectivity index (χ3n) is 2.46. The maximum atomic E-state index is 11.4. The number of para-hydroxylation sites is 1. The second-order valence-corrected chi connectivity index (χ2v) is 6.28. The van der Waals surface area contributed by atoms with Gasteiger partial charge in [-0.3, -0.25) is 0 Å². The normalized spacial score (nSPS) is 10.7. The predicted molar refractivity (Wildman–Crippen MR) is 79.7 cm³/mol. The number of nitrogens with one attached hydrogen (secondary N) is 1. The fourth-order valence-corrected chi connectivity index (χ4v) is 2.57. The maximum Gasteiger partial charge on any atom is 0.212 e. The molecule has 0 aliphatic carbocycles. The standard InChI is InChI=1S/C14H20N2O2S/c1-4-12-19(17,18)15-11-7-9-13-8-5-6-10-14(13)16(2)3/h5-6,8,10,15H,4,11-12H2,1-3H3. The van der Waals surface area contributed by atoms with Crippen molar-refractivity contribution in [2.45, 2.75) is 13.3 Å². The molecule has 0 fully saturated rings. The molecule has 0 saturated carbocycles. The number of rotatable bonds is 5. The largest absolute Gasteiger partial charge is 0.377 e. The van der Waals surface area contributed by atoms with Gasteiger partial charge in [-0.2, -0.15) is 0 Å². The molecule has 19 heavy (non-hydrogen) atoms. The lowest BCUT2D eigenvalue weighted by atomic mass is 10.1. The number of anilines is 1. The fourth-order valence-electron chi connectivity index (χ4n) is 1.60. The van der Waals surface area contributed by atoms with E-state index in [4.69, 9.17) is 0 Å². The molecular weight excluding hydrogens is 260 g/mol. The van der Waals surface area contributed by atoms with Crippen LogP contribution < -0.4 is 9.62 Å². The first kappa shape index (κ1) is 15.5. The van der Waals surface area contributed by atoms with E-state index in [1.807, 2.05) is 50.2 Å². The molecule has 0 bridgehead atoms. The Balaban J connectivity index is 2.70. The SMILES string of the molecule is CCCS(=O)(=O)NCC#Cc1ccccc1N(C)C. The molecule has 5 heteroatoms. The third kappa shape index (κ3) is 5.33. The number of benzene rings is 1. The van der Waals surface area contributed by atoms with Crippen LogP contribution in [0, 0.1) is 11.8 Å². The lowest BCUT2D eigenvalue weighted by Gasteiger charge is -2.13. The average Bonchev–Trinajstić information content (AvgIpc) is 2.35. The topological polar surface area (TPSA) is 49.4 Å². The van der Waals surface area contributed by atoms with Crippen molar-refractivity contribution >= 4 is 15.7 Å². The first-order valence-electron chi connectivity index (χ1n) is 6.19. The smallest absolute Gasteiger partial charge is 0.212 e. The number of nitrogens with zero attached hydrogens (tertiary/aromatic N) is 1. The summed E-state index contributed by atoms with van der Waals surface area (Å²) < 4.78 is 25.3. The molecule has 0 aliphatic heterocycles. The van der Waals surface area contributed by atoms with Crippen LogP contribution in [0.4, 0.5) is 5.69 Å². The minimum absolute atomic E-state index is 0.142. The quantitative estimate of drug-likeness (QED) is 0.830. The highest BCUT2D eigenvalue weighted by atomic mass is 32.2. The van der Waals surface area contributed by atoms with Crippen molar-refractivity contribution in [3.8, 4) is 11.8 Å². The van der Waals surface area contributed by atoms with E-state index >= 15 is 0 Å². The Morgan fingerprint density at radius 2 is 1.95 bits per heavy atom.